The molecule has 0 unspecified atom stereocenters. The quantitative estimate of drug-likeness (QED) is 0.661. The van der Waals surface area contributed by atoms with E-state index in [0.717, 1.165) is 16.7 Å². The number of hydrogen-bond acceptors (Lipinski definition) is 3. The van der Waals surface area contributed by atoms with Crippen molar-refractivity contribution < 1.29 is 0 Å². The molecule has 4 nitrogen and oxygen atoms in total. The lowest BCUT2D eigenvalue weighted by Gasteiger charge is -2.02. The van der Waals surface area contributed by atoms with Gasteiger partial charge in [0.25, 0.3) is 0 Å². The number of nitrogens with zero attached hydrogens (tertiary/aromatic N) is 4. The van der Waals surface area contributed by atoms with Crippen LogP contribution in [0.15, 0.2) is 12.5 Å². The molecule has 0 radical (unpaired) electrons. The summed E-state index contributed by atoms with van der Waals surface area (Å²) in [4.78, 5) is 8.36. The molecular weight excluding hydrogens is 164 g/mol. The third-order valence-electron chi connectivity index (χ3n) is 2.01. The summed E-state index contributed by atoms with van der Waals surface area (Å²) in [5.74, 6) is 0.412. The van der Waals surface area contributed by atoms with Gasteiger partial charge in [-0.3, -0.25) is 4.68 Å². The van der Waals surface area contributed by atoms with Crippen LogP contribution in [0.3, 0.4) is 0 Å². The Morgan fingerprint density at radius 1 is 1.31 bits per heavy atom. The molecule has 0 N–H and O–H groups in total. The van der Waals surface area contributed by atoms with E-state index in [1.165, 1.54) is 0 Å². The molecule has 2 rings (SSSR count). The minimum absolute atomic E-state index is 0.412. The molecule has 0 atom stereocenters. The second-order valence-electron chi connectivity index (χ2n) is 3.45. The maximum atomic E-state index is 4.26. The van der Waals surface area contributed by atoms with E-state index in [9.17, 15) is 0 Å². The highest BCUT2D eigenvalue weighted by Crippen LogP contribution is 2.19. The monoisotopic (exact) mass is 176 g/mol. The lowest BCUT2D eigenvalue weighted by molar-refractivity contribution is 0.775. The van der Waals surface area contributed by atoms with Gasteiger partial charge in [-0.15, -0.1) is 0 Å². The van der Waals surface area contributed by atoms with E-state index in [1.807, 2.05) is 13.2 Å². The Balaban J connectivity index is 2.75. The van der Waals surface area contributed by atoms with Crippen molar-refractivity contribution in [2.45, 2.75) is 19.8 Å². The largest absolute Gasteiger partial charge is 0.273 e. The van der Waals surface area contributed by atoms with Crippen LogP contribution in [0.1, 0.15) is 25.5 Å². The Labute approximate surface area is 76.6 Å². The van der Waals surface area contributed by atoms with Gasteiger partial charge in [0.05, 0.1) is 11.1 Å². The number of rotatable bonds is 1. The second-order valence-corrected chi connectivity index (χ2v) is 3.45. The standard InChI is InChI=1S/C9H12N4/c1-6(2)8-7-4-13(3)12-9(7)11-5-10-8/h4-6H,1-3H3. The molecule has 4 heteroatoms. The molecule has 0 fully saturated rings. The molecule has 0 aliphatic rings. The smallest absolute Gasteiger partial charge is 0.184 e. The Hall–Kier alpha value is -1.45. The first kappa shape index (κ1) is 8.16. The van der Waals surface area contributed by atoms with E-state index in [1.54, 1.807) is 11.0 Å². The molecule has 2 heterocycles. The highest BCUT2D eigenvalue weighted by atomic mass is 15.3. The fourth-order valence-corrected chi connectivity index (χ4v) is 1.43. The Bertz CT molecular complexity index is 430. The molecule has 0 saturated heterocycles. The van der Waals surface area contributed by atoms with Crippen molar-refractivity contribution in [3.8, 4) is 0 Å². The predicted octanol–water partition coefficient (Wildman–Crippen LogP) is 1.49. The summed E-state index contributed by atoms with van der Waals surface area (Å²) in [6.07, 6.45) is 3.54. The van der Waals surface area contributed by atoms with Gasteiger partial charge >= 0.3 is 0 Å². The van der Waals surface area contributed by atoms with Gasteiger partial charge in [0.1, 0.15) is 6.33 Å². The van der Waals surface area contributed by atoms with Gasteiger partial charge in [-0.25, -0.2) is 9.97 Å². The molecule has 0 spiro atoms. The van der Waals surface area contributed by atoms with Gasteiger partial charge in [0.2, 0.25) is 0 Å². The van der Waals surface area contributed by atoms with Gasteiger partial charge in [-0.1, -0.05) is 13.8 Å². The third kappa shape index (κ3) is 1.28. The van der Waals surface area contributed by atoms with Crippen molar-refractivity contribution in [3.05, 3.63) is 18.2 Å². The van der Waals surface area contributed by atoms with E-state index in [0.29, 0.717) is 5.92 Å². The molecule has 0 aromatic carbocycles. The fourth-order valence-electron chi connectivity index (χ4n) is 1.43. The number of hydrogen-bond donors (Lipinski definition) is 0. The molecule has 0 saturated carbocycles. The molecular formula is C9H12N4. The molecule has 0 bridgehead atoms. The normalized spacial score (nSPS) is 11.4. The Kier molecular flexibility index (Phi) is 1.76. The summed E-state index contributed by atoms with van der Waals surface area (Å²) >= 11 is 0. The minimum atomic E-state index is 0.412. The van der Waals surface area contributed by atoms with Crippen molar-refractivity contribution in [2.75, 3.05) is 0 Å². The molecule has 0 aliphatic heterocycles. The van der Waals surface area contributed by atoms with Gasteiger partial charge in [-0.2, -0.15) is 5.10 Å². The van der Waals surface area contributed by atoms with Crippen LogP contribution in [0.25, 0.3) is 11.0 Å². The Morgan fingerprint density at radius 2 is 2.08 bits per heavy atom. The minimum Gasteiger partial charge on any atom is -0.273 e. The van der Waals surface area contributed by atoms with Crippen LogP contribution in [-0.2, 0) is 7.05 Å². The predicted molar refractivity (Wildman–Crippen MR) is 50.4 cm³/mol. The summed E-state index contributed by atoms with van der Waals surface area (Å²) in [5.41, 5.74) is 1.85. The average molecular weight is 176 g/mol. The summed E-state index contributed by atoms with van der Waals surface area (Å²) in [6, 6.07) is 0. The first-order valence-electron chi connectivity index (χ1n) is 4.32. The lowest BCUT2D eigenvalue weighted by Crippen LogP contribution is -1.93. The van der Waals surface area contributed by atoms with Crippen LogP contribution in [0, 0.1) is 0 Å². The first-order valence-corrected chi connectivity index (χ1v) is 4.32. The van der Waals surface area contributed by atoms with Gasteiger partial charge < -0.3 is 0 Å². The van der Waals surface area contributed by atoms with Crippen LogP contribution >= 0.6 is 0 Å². The molecule has 2 aromatic rings. The molecule has 0 aliphatic carbocycles. The summed E-state index contributed by atoms with van der Waals surface area (Å²) in [5, 5.41) is 5.28. The van der Waals surface area contributed by atoms with Crippen LogP contribution in [0.5, 0.6) is 0 Å². The fraction of sp³-hybridized carbons (Fsp3) is 0.444. The SMILES string of the molecule is CC(C)c1ncnc2nn(C)cc12. The van der Waals surface area contributed by atoms with E-state index in [4.69, 9.17) is 0 Å². The summed E-state index contributed by atoms with van der Waals surface area (Å²) in [6.45, 7) is 4.24. The van der Waals surface area contributed by atoms with Crippen molar-refractivity contribution >= 4 is 11.0 Å². The zero-order valence-corrected chi connectivity index (χ0v) is 8.02. The van der Waals surface area contributed by atoms with Gasteiger partial charge in [0.15, 0.2) is 5.65 Å². The summed E-state index contributed by atoms with van der Waals surface area (Å²) < 4.78 is 1.77. The highest BCUT2D eigenvalue weighted by molar-refractivity contribution is 5.76. The number of aryl methyl sites for hydroxylation is 1. The number of fused-ring (bicyclic) bond motifs is 1. The van der Waals surface area contributed by atoms with Crippen molar-refractivity contribution in [1.29, 1.82) is 0 Å². The zero-order valence-electron chi connectivity index (χ0n) is 8.02. The van der Waals surface area contributed by atoms with Crippen LogP contribution < -0.4 is 0 Å². The maximum Gasteiger partial charge on any atom is 0.184 e. The zero-order chi connectivity index (χ0) is 9.42. The Morgan fingerprint density at radius 3 is 2.77 bits per heavy atom. The highest BCUT2D eigenvalue weighted by Gasteiger charge is 2.09. The second kappa shape index (κ2) is 2.80. The average Bonchev–Trinajstić information content (AvgIpc) is 2.43. The summed E-state index contributed by atoms with van der Waals surface area (Å²) in [7, 11) is 1.89. The van der Waals surface area contributed by atoms with Crippen molar-refractivity contribution in [2.24, 2.45) is 7.05 Å². The topological polar surface area (TPSA) is 43.6 Å². The van der Waals surface area contributed by atoms with Crippen molar-refractivity contribution in [1.82, 2.24) is 19.7 Å². The third-order valence-corrected chi connectivity index (χ3v) is 2.01. The maximum absolute atomic E-state index is 4.26. The van der Waals surface area contributed by atoms with Crippen molar-refractivity contribution in [3.63, 3.8) is 0 Å². The van der Waals surface area contributed by atoms with Crippen LogP contribution in [0.4, 0.5) is 0 Å². The van der Waals surface area contributed by atoms with E-state index in [-0.39, 0.29) is 0 Å². The van der Waals surface area contributed by atoms with E-state index in [2.05, 4.69) is 28.9 Å². The first-order chi connectivity index (χ1) is 6.18. The lowest BCUT2D eigenvalue weighted by atomic mass is 10.1. The molecule has 13 heavy (non-hydrogen) atoms. The van der Waals surface area contributed by atoms with Crippen LogP contribution in [-0.4, -0.2) is 19.7 Å². The van der Waals surface area contributed by atoms with Gasteiger partial charge in [0, 0.05) is 13.2 Å². The molecule has 2 aromatic heterocycles. The van der Waals surface area contributed by atoms with Crippen LogP contribution in [0.2, 0.25) is 0 Å². The van der Waals surface area contributed by atoms with E-state index < -0.39 is 0 Å². The van der Waals surface area contributed by atoms with Gasteiger partial charge in [-0.05, 0) is 5.92 Å². The molecule has 68 valence electrons. The van der Waals surface area contributed by atoms with E-state index >= 15 is 0 Å². The molecule has 0 amide bonds. The number of aromatic nitrogens is 4.